The molecule has 4 aromatic rings. The van der Waals surface area contributed by atoms with E-state index in [0.717, 1.165) is 59.3 Å². The zero-order chi connectivity index (χ0) is 26.3. The first kappa shape index (κ1) is 25.5. The van der Waals surface area contributed by atoms with Gasteiger partial charge in [-0.05, 0) is 74.5 Å². The molecular weight excluding hydrogens is 469 g/mol. The van der Waals surface area contributed by atoms with Crippen molar-refractivity contribution in [1.29, 1.82) is 0 Å². The van der Waals surface area contributed by atoms with E-state index in [1.165, 1.54) is 18.0 Å². The SMILES string of the molecule is CCc1cnn2cc(-c3nn(C)c(CN(C)C4CC(N)C4)c3C)cc(CC(CO)c3ccc(F)cn3)c12. The number of rotatable bonds is 9. The van der Waals surface area contributed by atoms with Gasteiger partial charge in [0.05, 0.1) is 35.9 Å². The number of fused-ring (bicyclic) bond motifs is 1. The molecule has 8 nitrogen and oxygen atoms in total. The van der Waals surface area contributed by atoms with E-state index < -0.39 is 0 Å². The van der Waals surface area contributed by atoms with Gasteiger partial charge >= 0.3 is 0 Å². The highest BCUT2D eigenvalue weighted by molar-refractivity contribution is 5.70. The number of halogens is 1. The fourth-order valence-electron chi connectivity index (χ4n) is 5.49. The Morgan fingerprint density at radius 1 is 1.24 bits per heavy atom. The molecule has 1 aliphatic rings. The van der Waals surface area contributed by atoms with Crippen LogP contribution in [0.15, 0.2) is 36.8 Å². The number of nitrogens with zero attached hydrogens (tertiary/aromatic N) is 6. The predicted molar refractivity (Wildman–Crippen MR) is 142 cm³/mol. The highest BCUT2D eigenvalue weighted by Crippen LogP contribution is 2.32. The third-order valence-electron chi connectivity index (χ3n) is 7.88. The van der Waals surface area contributed by atoms with Gasteiger partial charge in [0.1, 0.15) is 5.82 Å². The molecule has 4 heterocycles. The molecule has 4 aromatic heterocycles. The van der Waals surface area contributed by atoms with Gasteiger partial charge in [0.15, 0.2) is 0 Å². The van der Waals surface area contributed by atoms with Crippen molar-refractivity contribution in [3.8, 4) is 11.3 Å². The molecular formula is C28H36FN7O. The van der Waals surface area contributed by atoms with Gasteiger partial charge in [-0.3, -0.25) is 14.6 Å². The van der Waals surface area contributed by atoms with Crippen LogP contribution in [0.25, 0.3) is 16.8 Å². The summed E-state index contributed by atoms with van der Waals surface area (Å²) >= 11 is 0. The Labute approximate surface area is 216 Å². The zero-order valence-corrected chi connectivity index (χ0v) is 22.0. The molecule has 0 aromatic carbocycles. The zero-order valence-electron chi connectivity index (χ0n) is 22.0. The van der Waals surface area contributed by atoms with Crippen LogP contribution >= 0.6 is 0 Å². The van der Waals surface area contributed by atoms with Gasteiger partial charge in [-0.2, -0.15) is 10.2 Å². The Morgan fingerprint density at radius 2 is 2.03 bits per heavy atom. The second-order valence-electron chi connectivity index (χ2n) is 10.4. The fraction of sp³-hybridized carbons (Fsp3) is 0.464. The lowest BCUT2D eigenvalue weighted by Gasteiger charge is -2.39. The minimum Gasteiger partial charge on any atom is -0.396 e. The third-order valence-corrected chi connectivity index (χ3v) is 7.88. The van der Waals surface area contributed by atoms with Crippen LogP contribution in [0.3, 0.4) is 0 Å². The molecule has 0 aliphatic heterocycles. The lowest BCUT2D eigenvalue weighted by molar-refractivity contribution is 0.129. The predicted octanol–water partition coefficient (Wildman–Crippen LogP) is 3.38. The first-order chi connectivity index (χ1) is 17.8. The lowest BCUT2D eigenvalue weighted by Crippen LogP contribution is -2.49. The van der Waals surface area contributed by atoms with E-state index in [9.17, 15) is 9.50 Å². The van der Waals surface area contributed by atoms with E-state index in [0.29, 0.717) is 24.2 Å². The summed E-state index contributed by atoms with van der Waals surface area (Å²) in [5.41, 5.74) is 14.1. The second kappa shape index (κ2) is 10.3. The minimum absolute atomic E-state index is 0.0888. The molecule has 1 aliphatic carbocycles. The molecule has 1 saturated carbocycles. The van der Waals surface area contributed by atoms with Gasteiger partial charge in [-0.15, -0.1) is 0 Å². The van der Waals surface area contributed by atoms with Crippen LogP contribution in [-0.4, -0.2) is 60.1 Å². The summed E-state index contributed by atoms with van der Waals surface area (Å²) in [5.74, 6) is -0.650. The van der Waals surface area contributed by atoms with E-state index in [-0.39, 0.29) is 18.3 Å². The summed E-state index contributed by atoms with van der Waals surface area (Å²) < 4.78 is 17.4. The average Bonchev–Trinajstić information content (AvgIpc) is 3.41. The van der Waals surface area contributed by atoms with Crippen LogP contribution in [0.5, 0.6) is 0 Å². The van der Waals surface area contributed by atoms with Crippen LogP contribution in [0.1, 0.15) is 53.8 Å². The topological polar surface area (TPSA) is 97.5 Å². The van der Waals surface area contributed by atoms with Gasteiger partial charge in [-0.1, -0.05) is 6.92 Å². The summed E-state index contributed by atoms with van der Waals surface area (Å²) in [7, 11) is 4.15. The Balaban J connectivity index is 1.52. The Hall–Kier alpha value is -3.14. The summed E-state index contributed by atoms with van der Waals surface area (Å²) in [6.45, 7) is 4.96. The number of hydrogen-bond donors (Lipinski definition) is 2. The molecule has 0 saturated heterocycles. The summed E-state index contributed by atoms with van der Waals surface area (Å²) in [5, 5.41) is 19.8. The van der Waals surface area contributed by atoms with Crippen molar-refractivity contribution in [2.24, 2.45) is 12.8 Å². The Bertz CT molecular complexity index is 1390. The lowest BCUT2D eigenvalue weighted by atomic mass is 9.86. The molecule has 0 bridgehead atoms. The Morgan fingerprint density at radius 3 is 2.68 bits per heavy atom. The van der Waals surface area contributed by atoms with Crippen molar-refractivity contribution in [3.63, 3.8) is 0 Å². The number of aryl methyl sites for hydroxylation is 2. The van der Waals surface area contributed by atoms with Crippen molar-refractivity contribution >= 4 is 5.52 Å². The van der Waals surface area contributed by atoms with Crippen molar-refractivity contribution in [3.05, 3.63) is 70.7 Å². The van der Waals surface area contributed by atoms with Crippen molar-refractivity contribution < 1.29 is 9.50 Å². The summed E-state index contributed by atoms with van der Waals surface area (Å²) in [4.78, 5) is 6.61. The van der Waals surface area contributed by atoms with E-state index in [2.05, 4.69) is 41.9 Å². The van der Waals surface area contributed by atoms with Gasteiger partial charge < -0.3 is 10.8 Å². The molecule has 196 valence electrons. The van der Waals surface area contributed by atoms with Gasteiger partial charge in [0, 0.05) is 49.0 Å². The smallest absolute Gasteiger partial charge is 0.141 e. The van der Waals surface area contributed by atoms with E-state index in [1.54, 1.807) is 6.07 Å². The van der Waals surface area contributed by atoms with Gasteiger partial charge in [0.25, 0.3) is 0 Å². The van der Waals surface area contributed by atoms with E-state index in [4.69, 9.17) is 10.8 Å². The van der Waals surface area contributed by atoms with Crippen LogP contribution in [0, 0.1) is 12.7 Å². The van der Waals surface area contributed by atoms with Crippen LogP contribution in [-0.2, 0) is 26.4 Å². The van der Waals surface area contributed by atoms with E-state index in [1.807, 2.05) is 28.6 Å². The standard InChI is InChI=1S/C28H36FN7O/c1-5-18-12-32-36-14-20(8-19(28(18)36)9-21(16-37)25-7-6-22(29)13-31-25)27-17(2)26(35(4)33-27)15-34(3)24-10-23(30)11-24/h6-8,12-14,21,23-24,37H,5,9-11,15-16,30H2,1-4H3. The normalized spacial score (nSPS) is 18.5. The summed E-state index contributed by atoms with van der Waals surface area (Å²) in [6.07, 6.45) is 8.61. The maximum Gasteiger partial charge on any atom is 0.141 e. The molecule has 37 heavy (non-hydrogen) atoms. The number of aliphatic hydroxyl groups excluding tert-OH is 1. The molecule has 0 radical (unpaired) electrons. The summed E-state index contributed by atoms with van der Waals surface area (Å²) in [6, 6.07) is 6.03. The molecule has 3 N–H and O–H groups in total. The fourth-order valence-corrected chi connectivity index (χ4v) is 5.49. The molecule has 1 unspecified atom stereocenters. The highest BCUT2D eigenvalue weighted by Gasteiger charge is 2.30. The second-order valence-corrected chi connectivity index (χ2v) is 10.4. The Kier molecular flexibility index (Phi) is 7.11. The minimum atomic E-state index is -0.388. The number of nitrogens with two attached hydrogens (primary N) is 1. The van der Waals surface area contributed by atoms with E-state index >= 15 is 0 Å². The molecule has 1 fully saturated rings. The maximum atomic E-state index is 13.5. The third kappa shape index (κ3) is 4.91. The molecule has 1 atom stereocenters. The maximum absolute atomic E-state index is 13.5. The van der Waals surface area contributed by atoms with Crippen molar-refractivity contribution in [1.82, 2.24) is 29.3 Å². The van der Waals surface area contributed by atoms with Crippen LogP contribution in [0.4, 0.5) is 4.39 Å². The first-order valence-corrected chi connectivity index (χ1v) is 13.0. The quantitative estimate of drug-likeness (QED) is 0.362. The monoisotopic (exact) mass is 505 g/mol. The number of aromatic nitrogens is 5. The van der Waals surface area contributed by atoms with Crippen LogP contribution < -0.4 is 5.73 Å². The van der Waals surface area contributed by atoms with Crippen molar-refractivity contribution in [2.75, 3.05) is 13.7 Å². The molecule has 5 rings (SSSR count). The van der Waals surface area contributed by atoms with Crippen molar-refractivity contribution in [2.45, 2.75) is 64.1 Å². The number of aliphatic hydroxyl groups is 1. The number of pyridine rings is 2. The first-order valence-electron chi connectivity index (χ1n) is 13.0. The molecule has 0 amide bonds. The largest absolute Gasteiger partial charge is 0.396 e. The highest BCUT2D eigenvalue weighted by atomic mass is 19.1. The van der Waals surface area contributed by atoms with Crippen LogP contribution in [0.2, 0.25) is 0 Å². The molecule has 9 heteroatoms. The van der Waals surface area contributed by atoms with Gasteiger partial charge in [-0.25, -0.2) is 8.91 Å². The molecule has 0 spiro atoms. The van der Waals surface area contributed by atoms with Gasteiger partial charge in [0.2, 0.25) is 0 Å². The number of hydrogen-bond acceptors (Lipinski definition) is 6. The average molecular weight is 506 g/mol.